The number of ketones is 1. The van der Waals surface area contributed by atoms with Gasteiger partial charge in [-0.1, -0.05) is 0 Å². The Morgan fingerprint density at radius 2 is 2.38 bits per heavy atom. The number of carbonyl (C=O) groups is 1. The second kappa shape index (κ2) is 5.35. The summed E-state index contributed by atoms with van der Waals surface area (Å²) >= 11 is 0. The predicted octanol–water partition coefficient (Wildman–Crippen LogP) is 0.636. The number of rotatable bonds is 4. The average molecular weight is 184 g/mol. The molecule has 76 valence electrons. The molecule has 2 N–H and O–H groups in total. The van der Waals surface area contributed by atoms with E-state index in [2.05, 4.69) is 11.9 Å². The molecule has 0 aromatic carbocycles. The molecule has 1 unspecified atom stereocenters. The molecule has 0 spiro atoms. The van der Waals surface area contributed by atoms with Crippen LogP contribution in [0.15, 0.2) is 0 Å². The fourth-order valence-electron chi connectivity index (χ4n) is 1.91. The largest absolute Gasteiger partial charge is 0.330 e. The van der Waals surface area contributed by atoms with Crippen LogP contribution >= 0.6 is 0 Å². The standard InChI is InChI=1S/C10H20N2O/c1-12-7-3-4-9(8-12)10(13)5-2-6-11/h9H,2-8,11H2,1H3. The van der Waals surface area contributed by atoms with E-state index in [-0.39, 0.29) is 5.92 Å². The summed E-state index contributed by atoms with van der Waals surface area (Å²) in [7, 11) is 2.09. The van der Waals surface area contributed by atoms with E-state index in [0.717, 1.165) is 32.4 Å². The van der Waals surface area contributed by atoms with Crippen LogP contribution in [-0.2, 0) is 4.79 Å². The van der Waals surface area contributed by atoms with Crippen LogP contribution in [0.5, 0.6) is 0 Å². The van der Waals surface area contributed by atoms with Gasteiger partial charge in [-0.25, -0.2) is 0 Å². The van der Waals surface area contributed by atoms with Crippen LogP contribution < -0.4 is 5.73 Å². The van der Waals surface area contributed by atoms with Gasteiger partial charge in [0.1, 0.15) is 5.78 Å². The maximum absolute atomic E-state index is 11.6. The normalized spacial score (nSPS) is 24.6. The summed E-state index contributed by atoms with van der Waals surface area (Å²) in [5, 5.41) is 0. The zero-order chi connectivity index (χ0) is 9.68. The summed E-state index contributed by atoms with van der Waals surface area (Å²) in [5.74, 6) is 0.697. The number of hydrogen-bond acceptors (Lipinski definition) is 3. The summed E-state index contributed by atoms with van der Waals surface area (Å²) in [6.45, 7) is 2.72. The van der Waals surface area contributed by atoms with Crippen molar-refractivity contribution in [2.45, 2.75) is 25.7 Å². The molecule has 1 atom stereocenters. The number of Topliss-reactive ketones (excluding diaryl/α,β-unsaturated/α-hetero) is 1. The summed E-state index contributed by atoms with van der Waals surface area (Å²) < 4.78 is 0. The zero-order valence-electron chi connectivity index (χ0n) is 8.46. The van der Waals surface area contributed by atoms with Crippen LogP contribution in [0.25, 0.3) is 0 Å². The van der Waals surface area contributed by atoms with E-state index in [1.54, 1.807) is 0 Å². The predicted molar refractivity (Wildman–Crippen MR) is 53.5 cm³/mol. The van der Waals surface area contributed by atoms with E-state index >= 15 is 0 Å². The first-order valence-electron chi connectivity index (χ1n) is 5.15. The maximum Gasteiger partial charge on any atom is 0.137 e. The first-order valence-corrected chi connectivity index (χ1v) is 5.15. The van der Waals surface area contributed by atoms with Crippen molar-refractivity contribution in [2.24, 2.45) is 11.7 Å². The second-order valence-corrected chi connectivity index (χ2v) is 3.96. The van der Waals surface area contributed by atoms with E-state index in [4.69, 9.17) is 5.73 Å². The first-order chi connectivity index (χ1) is 6.24. The molecular formula is C10H20N2O. The number of hydrogen-bond donors (Lipinski definition) is 1. The SMILES string of the molecule is CN1CCCC(C(=O)CCCN)C1. The second-order valence-electron chi connectivity index (χ2n) is 3.96. The van der Waals surface area contributed by atoms with Gasteiger partial charge in [0.25, 0.3) is 0 Å². The van der Waals surface area contributed by atoms with Crippen molar-refractivity contribution in [1.29, 1.82) is 0 Å². The summed E-state index contributed by atoms with van der Waals surface area (Å²) in [6, 6.07) is 0. The van der Waals surface area contributed by atoms with Gasteiger partial charge in [-0.3, -0.25) is 4.79 Å². The Labute approximate surface area is 80.3 Å². The fraction of sp³-hybridized carbons (Fsp3) is 0.900. The molecule has 13 heavy (non-hydrogen) atoms. The number of nitrogens with two attached hydrogens (primary N) is 1. The van der Waals surface area contributed by atoms with Gasteiger partial charge in [0.05, 0.1) is 0 Å². The minimum atomic E-state index is 0.283. The molecule has 1 fully saturated rings. The molecule has 0 amide bonds. The summed E-state index contributed by atoms with van der Waals surface area (Å²) in [5.41, 5.74) is 5.37. The van der Waals surface area contributed by atoms with Gasteiger partial charge in [0.2, 0.25) is 0 Å². The van der Waals surface area contributed by atoms with Crippen LogP contribution in [0, 0.1) is 5.92 Å². The van der Waals surface area contributed by atoms with E-state index < -0.39 is 0 Å². The van der Waals surface area contributed by atoms with Crippen LogP contribution in [0.4, 0.5) is 0 Å². The number of piperidine rings is 1. The van der Waals surface area contributed by atoms with Gasteiger partial charge in [0, 0.05) is 18.9 Å². The Bertz CT molecular complexity index is 170. The van der Waals surface area contributed by atoms with Crippen molar-refractivity contribution in [3.05, 3.63) is 0 Å². The van der Waals surface area contributed by atoms with Crippen LogP contribution in [0.2, 0.25) is 0 Å². The van der Waals surface area contributed by atoms with Crippen LogP contribution in [0.1, 0.15) is 25.7 Å². The van der Waals surface area contributed by atoms with E-state index in [1.165, 1.54) is 0 Å². The lowest BCUT2D eigenvalue weighted by Crippen LogP contribution is -2.36. The Kier molecular flexibility index (Phi) is 4.39. The van der Waals surface area contributed by atoms with Crippen LogP contribution in [-0.4, -0.2) is 37.4 Å². The molecule has 3 nitrogen and oxygen atoms in total. The average Bonchev–Trinajstić information content (AvgIpc) is 2.14. The third-order valence-electron chi connectivity index (χ3n) is 2.71. The highest BCUT2D eigenvalue weighted by molar-refractivity contribution is 5.81. The molecule has 1 saturated heterocycles. The fourth-order valence-corrected chi connectivity index (χ4v) is 1.91. The Morgan fingerprint density at radius 1 is 1.62 bits per heavy atom. The Morgan fingerprint density at radius 3 is 3.00 bits per heavy atom. The molecule has 1 rings (SSSR count). The van der Waals surface area contributed by atoms with Crippen molar-refractivity contribution in [1.82, 2.24) is 4.90 Å². The van der Waals surface area contributed by atoms with E-state index in [9.17, 15) is 4.79 Å². The van der Waals surface area contributed by atoms with Crippen molar-refractivity contribution in [3.63, 3.8) is 0 Å². The molecule has 0 aliphatic carbocycles. The van der Waals surface area contributed by atoms with Gasteiger partial charge in [0.15, 0.2) is 0 Å². The number of nitrogens with zero attached hydrogens (tertiary/aromatic N) is 1. The quantitative estimate of drug-likeness (QED) is 0.697. The molecule has 3 heteroatoms. The van der Waals surface area contributed by atoms with Gasteiger partial charge in [-0.05, 0) is 39.4 Å². The van der Waals surface area contributed by atoms with Gasteiger partial charge in [-0.15, -0.1) is 0 Å². The highest BCUT2D eigenvalue weighted by Gasteiger charge is 2.22. The molecule has 0 aromatic heterocycles. The Balaban J connectivity index is 2.28. The van der Waals surface area contributed by atoms with Crippen molar-refractivity contribution < 1.29 is 4.79 Å². The van der Waals surface area contributed by atoms with Crippen molar-refractivity contribution in [2.75, 3.05) is 26.7 Å². The molecular weight excluding hydrogens is 164 g/mol. The van der Waals surface area contributed by atoms with E-state index in [1.807, 2.05) is 0 Å². The lowest BCUT2D eigenvalue weighted by molar-refractivity contribution is -0.124. The maximum atomic E-state index is 11.6. The first kappa shape index (κ1) is 10.7. The molecule has 1 aliphatic heterocycles. The molecule has 1 heterocycles. The zero-order valence-corrected chi connectivity index (χ0v) is 8.46. The lowest BCUT2D eigenvalue weighted by atomic mass is 9.92. The Hall–Kier alpha value is -0.410. The minimum absolute atomic E-state index is 0.283. The van der Waals surface area contributed by atoms with Crippen LogP contribution in [0.3, 0.4) is 0 Å². The highest BCUT2D eigenvalue weighted by Crippen LogP contribution is 2.17. The van der Waals surface area contributed by atoms with Gasteiger partial charge < -0.3 is 10.6 Å². The van der Waals surface area contributed by atoms with E-state index in [0.29, 0.717) is 18.7 Å². The topological polar surface area (TPSA) is 46.3 Å². The highest BCUT2D eigenvalue weighted by atomic mass is 16.1. The molecule has 0 aromatic rings. The minimum Gasteiger partial charge on any atom is -0.330 e. The summed E-state index contributed by atoms with van der Waals surface area (Å²) in [4.78, 5) is 13.9. The molecule has 1 aliphatic rings. The molecule has 0 radical (unpaired) electrons. The molecule has 0 saturated carbocycles. The third-order valence-corrected chi connectivity index (χ3v) is 2.71. The van der Waals surface area contributed by atoms with Gasteiger partial charge >= 0.3 is 0 Å². The van der Waals surface area contributed by atoms with Crippen molar-refractivity contribution in [3.8, 4) is 0 Å². The molecule has 0 bridgehead atoms. The lowest BCUT2D eigenvalue weighted by Gasteiger charge is -2.28. The number of likely N-dealkylation sites (tertiary alicyclic amines) is 1. The summed E-state index contributed by atoms with van der Waals surface area (Å²) in [6.07, 6.45) is 3.76. The number of carbonyl (C=O) groups excluding carboxylic acids is 1. The third kappa shape index (κ3) is 3.44. The monoisotopic (exact) mass is 184 g/mol. The van der Waals surface area contributed by atoms with Crippen molar-refractivity contribution >= 4 is 5.78 Å². The smallest absolute Gasteiger partial charge is 0.137 e. The van der Waals surface area contributed by atoms with Gasteiger partial charge in [-0.2, -0.15) is 0 Å².